The SMILES string of the molecule is Cc1c(NC(=O)c2cccc(NC(=O)CC3CCCC3)c2)c(=O)n(-c2ccccc2)n1C. The minimum atomic E-state index is -0.400. The molecule has 0 atom stereocenters. The fraction of sp³-hybridized carbons (Fsp3) is 0.320. The molecule has 4 rings (SSSR count). The zero-order valence-electron chi connectivity index (χ0n) is 18.4. The Morgan fingerprint density at radius 1 is 1.00 bits per heavy atom. The maximum Gasteiger partial charge on any atom is 0.295 e. The Morgan fingerprint density at radius 3 is 2.44 bits per heavy atom. The molecule has 0 saturated heterocycles. The van der Waals surface area contributed by atoms with Crippen molar-refractivity contribution in [2.75, 3.05) is 10.6 Å². The molecule has 2 amide bonds. The minimum absolute atomic E-state index is 0.0286. The number of para-hydroxylation sites is 1. The van der Waals surface area contributed by atoms with Crippen molar-refractivity contribution >= 4 is 23.2 Å². The number of nitrogens with zero attached hydrogens (tertiary/aromatic N) is 2. The summed E-state index contributed by atoms with van der Waals surface area (Å²) in [5.41, 5.74) is 2.25. The molecular formula is C25H28N4O3. The number of hydrogen-bond acceptors (Lipinski definition) is 3. The number of amides is 2. The van der Waals surface area contributed by atoms with Crippen LogP contribution in [0.25, 0.3) is 5.69 Å². The van der Waals surface area contributed by atoms with E-state index in [0.29, 0.717) is 29.3 Å². The molecule has 1 heterocycles. The van der Waals surface area contributed by atoms with Crippen molar-refractivity contribution in [2.45, 2.75) is 39.0 Å². The third kappa shape index (κ3) is 4.51. The lowest BCUT2D eigenvalue weighted by Gasteiger charge is -2.10. The third-order valence-electron chi connectivity index (χ3n) is 6.15. The van der Waals surface area contributed by atoms with E-state index in [0.717, 1.165) is 18.5 Å². The molecule has 1 aliphatic rings. The molecule has 0 radical (unpaired) electrons. The minimum Gasteiger partial charge on any atom is -0.326 e. The van der Waals surface area contributed by atoms with Crippen LogP contribution in [0, 0.1) is 12.8 Å². The molecule has 1 aliphatic carbocycles. The molecule has 7 nitrogen and oxygen atoms in total. The van der Waals surface area contributed by atoms with E-state index in [-0.39, 0.29) is 17.2 Å². The van der Waals surface area contributed by atoms with Gasteiger partial charge in [-0.3, -0.25) is 19.1 Å². The van der Waals surface area contributed by atoms with E-state index in [4.69, 9.17) is 0 Å². The Bertz CT molecular complexity index is 1190. The largest absolute Gasteiger partial charge is 0.326 e. The number of nitrogens with one attached hydrogen (secondary N) is 2. The maximum atomic E-state index is 13.0. The first-order valence-electron chi connectivity index (χ1n) is 11.0. The average Bonchev–Trinajstić information content (AvgIpc) is 3.37. The molecule has 7 heteroatoms. The molecule has 2 aromatic carbocycles. The Balaban J connectivity index is 1.50. The van der Waals surface area contributed by atoms with Crippen LogP contribution in [-0.2, 0) is 11.8 Å². The second-order valence-corrected chi connectivity index (χ2v) is 8.37. The van der Waals surface area contributed by atoms with E-state index >= 15 is 0 Å². The van der Waals surface area contributed by atoms with Gasteiger partial charge in [0, 0.05) is 24.7 Å². The predicted molar refractivity (Wildman–Crippen MR) is 125 cm³/mol. The van der Waals surface area contributed by atoms with Crippen LogP contribution in [0.4, 0.5) is 11.4 Å². The Kier molecular flexibility index (Phi) is 6.25. The quantitative estimate of drug-likeness (QED) is 0.610. The maximum absolute atomic E-state index is 13.0. The lowest BCUT2D eigenvalue weighted by atomic mass is 10.0. The van der Waals surface area contributed by atoms with Gasteiger partial charge in [0.1, 0.15) is 5.69 Å². The average molecular weight is 433 g/mol. The molecule has 166 valence electrons. The second kappa shape index (κ2) is 9.26. The van der Waals surface area contributed by atoms with Crippen molar-refractivity contribution < 1.29 is 9.59 Å². The second-order valence-electron chi connectivity index (χ2n) is 8.37. The first kappa shape index (κ1) is 21.6. The van der Waals surface area contributed by atoms with Crippen molar-refractivity contribution in [3.8, 4) is 5.69 Å². The summed E-state index contributed by atoms with van der Waals surface area (Å²) in [5.74, 6) is 0.0244. The van der Waals surface area contributed by atoms with Crippen molar-refractivity contribution in [1.29, 1.82) is 0 Å². The van der Waals surface area contributed by atoms with Crippen molar-refractivity contribution in [3.63, 3.8) is 0 Å². The van der Waals surface area contributed by atoms with E-state index in [2.05, 4.69) is 10.6 Å². The highest BCUT2D eigenvalue weighted by atomic mass is 16.2. The van der Waals surface area contributed by atoms with Gasteiger partial charge in [-0.2, -0.15) is 0 Å². The number of rotatable bonds is 6. The van der Waals surface area contributed by atoms with E-state index in [9.17, 15) is 14.4 Å². The summed E-state index contributed by atoms with van der Waals surface area (Å²) in [5, 5.41) is 5.66. The summed E-state index contributed by atoms with van der Waals surface area (Å²) in [6.45, 7) is 1.79. The van der Waals surface area contributed by atoms with Crippen LogP contribution >= 0.6 is 0 Å². The summed E-state index contributed by atoms with van der Waals surface area (Å²) in [6, 6.07) is 16.1. The molecule has 0 bridgehead atoms. The molecule has 32 heavy (non-hydrogen) atoms. The van der Waals surface area contributed by atoms with Gasteiger partial charge in [0.15, 0.2) is 0 Å². The van der Waals surface area contributed by atoms with Crippen LogP contribution in [-0.4, -0.2) is 21.2 Å². The molecule has 0 unspecified atom stereocenters. The number of aromatic nitrogens is 2. The van der Waals surface area contributed by atoms with E-state index < -0.39 is 5.91 Å². The first-order valence-corrected chi connectivity index (χ1v) is 11.0. The van der Waals surface area contributed by atoms with Crippen LogP contribution < -0.4 is 16.2 Å². The van der Waals surface area contributed by atoms with Gasteiger partial charge in [-0.15, -0.1) is 0 Å². The highest BCUT2D eigenvalue weighted by Gasteiger charge is 2.20. The number of anilines is 2. The summed E-state index contributed by atoms with van der Waals surface area (Å²) in [7, 11) is 1.78. The molecule has 2 N–H and O–H groups in total. The van der Waals surface area contributed by atoms with Gasteiger partial charge in [-0.05, 0) is 56.0 Å². The molecule has 1 fully saturated rings. The molecule has 0 aliphatic heterocycles. The Hall–Kier alpha value is -3.61. The summed E-state index contributed by atoms with van der Waals surface area (Å²) >= 11 is 0. The lowest BCUT2D eigenvalue weighted by Crippen LogP contribution is -2.23. The molecule has 1 saturated carbocycles. The van der Waals surface area contributed by atoms with E-state index in [1.54, 1.807) is 42.9 Å². The Labute approximate surface area is 187 Å². The first-order chi connectivity index (χ1) is 15.4. The van der Waals surface area contributed by atoms with Crippen LogP contribution in [0.1, 0.15) is 48.2 Å². The third-order valence-corrected chi connectivity index (χ3v) is 6.15. The Morgan fingerprint density at radius 2 is 1.72 bits per heavy atom. The van der Waals surface area contributed by atoms with Gasteiger partial charge in [0.05, 0.1) is 11.4 Å². The van der Waals surface area contributed by atoms with Crippen LogP contribution in [0.2, 0.25) is 0 Å². The smallest absolute Gasteiger partial charge is 0.295 e. The fourth-order valence-electron chi connectivity index (χ4n) is 4.32. The van der Waals surface area contributed by atoms with Gasteiger partial charge in [-0.25, -0.2) is 4.68 Å². The molecule has 0 spiro atoms. The predicted octanol–water partition coefficient (Wildman–Crippen LogP) is 4.26. The standard InChI is InChI=1S/C25H28N4O3/c1-17-23(25(32)29(28(17)2)21-13-4-3-5-14-21)27-24(31)19-11-8-12-20(16-19)26-22(30)15-18-9-6-7-10-18/h3-5,8,11-14,16,18H,6-7,9-10,15H2,1-2H3,(H,26,30)(H,27,31). The molecule has 1 aromatic heterocycles. The van der Waals surface area contributed by atoms with Crippen LogP contribution in [0.15, 0.2) is 59.4 Å². The number of carbonyl (C=O) groups excluding carboxylic acids is 2. The van der Waals surface area contributed by atoms with Gasteiger partial charge in [0.2, 0.25) is 5.91 Å². The lowest BCUT2D eigenvalue weighted by molar-refractivity contribution is -0.117. The van der Waals surface area contributed by atoms with Crippen LogP contribution in [0.5, 0.6) is 0 Å². The molecular weight excluding hydrogens is 404 g/mol. The fourth-order valence-corrected chi connectivity index (χ4v) is 4.32. The number of benzene rings is 2. The van der Waals surface area contributed by atoms with Gasteiger partial charge in [0.25, 0.3) is 11.5 Å². The number of hydrogen-bond donors (Lipinski definition) is 2. The highest BCUT2D eigenvalue weighted by molar-refractivity contribution is 6.05. The van der Waals surface area contributed by atoms with Crippen molar-refractivity contribution in [1.82, 2.24) is 9.36 Å². The van der Waals surface area contributed by atoms with Crippen LogP contribution in [0.3, 0.4) is 0 Å². The van der Waals surface area contributed by atoms with Crippen molar-refractivity contribution in [3.05, 3.63) is 76.2 Å². The molecule has 3 aromatic rings. The highest BCUT2D eigenvalue weighted by Crippen LogP contribution is 2.28. The zero-order chi connectivity index (χ0) is 22.7. The topological polar surface area (TPSA) is 85.1 Å². The van der Waals surface area contributed by atoms with Gasteiger partial charge < -0.3 is 10.6 Å². The normalized spacial score (nSPS) is 13.8. The van der Waals surface area contributed by atoms with E-state index in [1.165, 1.54) is 17.5 Å². The number of carbonyl (C=O) groups is 2. The van der Waals surface area contributed by atoms with Gasteiger partial charge >= 0.3 is 0 Å². The zero-order valence-corrected chi connectivity index (χ0v) is 18.4. The summed E-state index contributed by atoms with van der Waals surface area (Å²) < 4.78 is 3.23. The summed E-state index contributed by atoms with van der Waals surface area (Å²) in [6.07, 6.45) is 5.11. The van der Waals surface area contributed by atoms with E-state index in [1.807, 2.05) is 30.3 Å². The monoisotopic (exact) mass is 432 g/mol. The summed E-state index contributed by atoms with van der Waals surface area (Å²) in [4.78, 5) is 38.3. The van der Waals surface area contributed by atoms with Crippen molar-refractivity contribution in [2.24, 2.45) is 13.0 Å². The van der Waals surface area contributed by atoms with Gasteiger partial charge in [-0.1, -0.05) is 37.1 Å².